The monoisotopic (exact) mass is 471 g/mol. The molecule has 4 rings (SSSR count). The molecule has 35 heavy (non-hydrogen) atoms. The number of methoxy groups -OCH3 is 4. The molecular formula is C26H25N5O4. The maximum Gasteiger partial charge on any atom is 0.263 e. The van der Waals surface area contributed by atoms with Gasteiger partial charge in [0.25, 0.3) is 5.95 Å². The standard InChI is InChI=1S/C26H25N5O4/c1-32-20-12-8-17(9-13-20)23-24(18-10-14-21(33-2)15-11-18)29-31-26(28-23)30-27-16-19-6-5-7-22(34-3)25(19)35-4/h5-16H,1-4H3,(H,28,30,31)/b27-16+. The predicted molar refractivity (Wildman–Crippen MR) is 135 cm³/mol. The van der Waals surface area contributed by atoms with Crippen molar-refractivity contribution in [3.05, 3.63) is 72.3 Å². The molecule has 3 aromatic carbocycles. The average molecular weight is 472 g/mol. The van der Waals surface area contributed by atoms with E-state index in [0.29, 0.717) is 22.9 Å². The van der Waals surface area contributed by atoms with Crippen LogP contribution < -0.4 is 24.4 Å². The number of rotatable bonds is 9. The van der Waals surface area contributed by atoms with E-state index in [4.69, 9.17) is 23.9 Å². The van der Waals surface area contributed by atoms with Crippen molar-refractivity contribution < 1.29 is 18.9 Å². The summed E-state index contributed by atoms with van der Waals surface area (Å²) in [7, 11) is 6.42. The number of nitrogens with one attached hydrogen (secondary N) is 1. The molecule has 0 bridgehead atoms. The molecule has 9 nitrogen and oxygen atoms in total. The summed E-state index contributed by atoms with van der Waals surface area (Å²) in [4.78, 5) is 4.70. The van der Waals surface area contributed by atoms with E-state index in [-0.39, 0.29) is 5.95 Å². The zero-order valence-electron chi connectivity index (χ0n) is 19.9. The van der Waals surface area contributed by atoms with Crippen molar-refractivity contribution in [2.45, 2.75) is 0 Å². The Hall–Kier alpha value is -4.66. The van der Waals surface area contributed by atoms with Crippen LogP contribution in [-0.2, 0) is 0 Å². The normalized spacial score (nSPS) is 10.7. The van der Waals surface area contributed by atoms with E-state index in [0.717, 1.165) is 28.2 Å². The van der Waals surface area contributed by atoms with Crippen molar-refractivity contribution >= 4 is 12.2 Å². The number of para-hydroxylation sites is 1. The fourth-order valence-electron chi connectivity index (χ4n) is 3.44. The second kappa shape index (κ2) is 11.0. The van der Waals surface area contributed by atoms with Gasteiger partial charge >= 0.3 is 0 Å². The fraction of sp³-hybridized carbons (Fsp3) is 0.154. The van der Waals surface area contributed by atoms with E-state index >= 15 is 0 Å². The van der Waals surface area contributed by atoms with Gasteiger partial charge in [-0.2, -0.15) is 5.10 Å². The summed E-state index contributed by atoms with van der Waals surface area (Å²) in [6.45, 7) is 0. The second-order valence-corrected chi connectivity index (χ2v) is 7.24. The lowest BCUT2D eigenvalue weighted by Gasteiger charge is -2.11. The Kier molecular flexibility index (Phi) is 7.37. The molecule has 1 heterocycles. The van der Waals surface area contributed by atoms with E-state index in [1.165, 1.54) is 0 Å². The minimum absolute atomic E-state index is 0.242. The van der Waals surface area contributed by atoms with E-state index < -0.39 is 0 Å². The summed E-state index contributed by atoms with van der Waals surface area (Å²) < 4.78 is 21.3. The molecule has 0 unspecified atom stereocenters. The van der Waals surface area contributed by atoms with Gasteiger partial charge in [-0.3, -0.25) is 0 Å². The van der Waals surface area contributed by atoms with Crippen LogP contribution in [0.5, 0.6) is 23.0 Å². The fourth-order valence-corrected chi connectivity index (χ4v) is 3.44. The van der Waals surface area contributed by atoms with Gasteiger partial charge in [0.1, 0.15) is 22.9 Å². The summed E-state index contributed by atoms with van der Waals surface area (Å²) >= 11 is 0. The van der Waals surface area contributed by atoms with Crippen molar-refractivity contribution in [2.24, 2.45) is 5.10 Å². The first kappa shape index (κ1) is 23.5. The van der Waals surface area contributed by atoms with Gasteiger partial charge in [0.2, 0.25) is 0 Å². The van der Waals surface area contributed by atoms with Crippen LogP contribution in [0.15, 0.2) is 71.8 Å². The number of benzene rings is 3. The number of hydrogen-bond donors (Lipinski definition) is 1. The lowest BCUT2D eigenvalue weighted by molar-refractivity contribution is 0.354. The Morgan fingerprint density at radius 3 is 1.89 bits per heavy atom. The molecular weight excluding hydrogens is 446 g/mol. The van der Waals surface area contributed by atoms with Crippen LogP contribution in [0.2, 0.25) is 0 Å². The van der Waals surface area contributed by atoms with Gasteiger partial charge in [-0.05, 0) is 60.7 Å². The third-order valence-corrected chi connectivity index (χ3v) is 5.22. The molecule has 0 fully saturated rings. The zero-order valence-corrected chi connectivity index (χ0v) is 19.9. The molecule has 0 aliphatic heterocycles. The highest BCUT2D eigenvalue weighted by Gasteiger charge is 2.14. The predicted octanol–water partition coefficient (Wildman–Crippen LogP) is 4.69. The average Bonchev–Trinajstić information content (AvgIpc) is 2.93. The molecule has 1 aromatic heterocycles. The number of anilines is 1. The van der Waals surface area contributed by atoms with Crippen LogP contribution in [0.1, 0.15) is 5.56 Å². The molecule has 0 amide bonds. The topological polar surface area (TPSA) is 100.0 Å². The van der Waals surface area contributed by atoms with Gasteiger partial charge in [-0.15, -0.1) is 10.2 Å². The van der Waals surface area contributed by atoms with Gasteiger partial charge in [0, 0.05) is 16.7 Å². The Bertz CT molecular complexity index is 1310. The maximum absolute atomic E-state index is 5.44. The summed E-state index contributed by atoms with van der Waals surface area (Å²) in [6.07, 6.45) is 1.61. The highest BCUT2D eigenvalue weighted by Crippen LogP contribution is 2.32. The minimum atomic E-state index is 0.242. The summed E-state index contributed by atoms with van der Waals surface area (Å²) in [5.41, 5.74) is 6.57. The van der Waals surface area contributed by atoms with E-state index in [1.54, 1.807) is 34.7 Å². The highest BCUT2D eigenvalue weighted by molar-refractivity contribution is 5.85. The first-order valence-electron chi connectivity index (χ1n) is 10.7. The lowest BCUT2D eigenvalue weighted by Crippen LogP contribution is -2.03. The van der Waals surface area contributed by atoms with Crippen LogP contribution >= 0.6 is 0 Å². The Labute approximate surface area is 203 Å². The van der Waals surface area contributed by atoms with E-state index in [1.807, 2.05) is 66.7 Å². The molecule has 0 aliphatic rings. The Morgan fingerprint density at radius 1 is 0.686 bits per heavy atom. The van der Waals surface area contributed by atoms with E-state index in [9.17, 15) is 0 Å². The molecule has 4 aromatic rings. The number of aromatic nitrogens is 3. The van der Waals surface area contributed by atoms with Crippen LogP contribution in [0.3, 0.4) is 0 Å². The molecule has 0 atom stereocenters. The van der Waals surface area contributed by atoms with Crippen molar-refractivity contribution in [2.75, 3.05) is 33.9 Å². The summed E-state index contributed by atoms with van der Waals surface area (Å²) in [5, 5.41) is 12.9. The summed E-state index contributed by atoms with van der Waals surface area (Å²) in [5.74, 6) is 2.93. The SMILES string of the molecule is COc1ccc(-c2nnc(N/N=C/c3cccc(OC)c3OC)nc2-c2ccc(OC)cc2)cc1. The van der Waals surface area contributed by atoms with Crippen molar-refractivity contribution in [3.8, 4) is 45.5 Å². The molecule has 0 spiro atoms. The van der Waals surface area contributed by atoms with Crippen LogP contribution in [-0.4, -0.2) is 49.8 Å². The second-order valence-electron chi connectivity index (χ2n) is 7.24. The van der Waals surface area contributed by atoms with Crippen molar-refractivity contribution in [1.82, 2.24) is 15.2 Å². The quantitative estimate of drug-likeness (QED) is 0.277. The third kappa shape index (κ3) is 5.30. The lowest BCUT2D eigenvalue weighted by atomic mass is 10.0. The number of hydrazone groups is 1. The molecule has 9 heteroatoms. The number of hydrogen-bond acceptors (Lipinski definition) is 9. The molecule has 0 aliphatic carbocycles. The Balaban J connectivity index is 1.68. The van der Waals surface area contributed by atoms with Crippen molar-refractivity contribution in [3.63, 3.8) is 0 Å². The molecule has 0 radical (unpaired) electrons. The maximum atomic E-state index is 5.44. The Morgan fingerprint density at radius 2 is 1.31 bits per heavy atom. The van der Waals surface area contributed by atoms with Gasteiger partial charge in [-0.25, -0.2) is 10.4 Å². The zero-order chi connectivity index (χ0) is 24.6. The smallest absolute Gasteiger partial charge is 0.263 e. The largest absolute Gasteiger partial charge is 0.497 e. The highest BCUT2D eigenvalue weighted by atomic mass is 16.5. The van der Waals surface area contributed by atoms with E-state index in [2.05, 4.69) is 20.7 Å². The van der Waals surface area contributed by atoms with Crippen LogP contribution in [0, 0.1) is 0 Å². The number of ether oxygens (including phenoxy) is 4. The van der Waals surface area contributed by atoms with Gasteiger partial charge in [0.05, 0.1) is 34.7 Å². The number of nitrogens with zero attached hydrogens (tertiary/aromatic N) is 4. The van der Waals surface area contributed by atoms with Gasteiger partial charge < -0.3 is 18.9 Å². The molecule has 178 valence electrons. The van der Waals surface area contributed by atoms with Crippen LogP contribution in [0.4, 0.5) is 5.95 Å². The van der Waals surface area contributed by atoms with Crippen molar-refractivity contribution in [1.29, 1.82) is 0 Å². The minimum Gasteiger partial charge on any atom is -0.497 e. The summed E-state index contributed by atoms with van der Waals surface area (Å²) in [6, 6.07) is 20.7. The first-order chi connectivity index (χ1) is 17.2. The van der Waals surface area contributed by atoms with Crippen LogP contribution in [0.25, 0.3) is 22.5 Å². The first-order valence-corrected chi connectivity index (χ1v) is 10.7. The molecule has 0 saturated heterocycles. The third-order valence-electron chi connectivity index (χ3n) is 5.22. The van der Waals surface area contributed by atoms with Gasteiger partial charge in [0.15, 0.2) is 11.5 Å². The van der Waals surface area contributed by atoms with Gasteiger partial charge in [-0.1, -0.05) is 6.07 Å². The molecule has 1 N–H and O–H groups in total. The molecule has 0 saturated carbocycles.